The number of benzene rings is 3. The van der Waals surface area contributed by atoms with Crippen LogP contribution in [0.15, 0.2) is 66.7 Å². The van der Waals surface area contributed by atoms with Gasteiger partial charge in [-0.05, 0) is 72.9 Å². The molecule has 2 fully saturated rings. The van der Waals surface area contributed by atoms with E-state index < -0.39 is 0 Å². The molecule has 2 amide bonds. The van der Waals surface area contributed by atoms with E-state index in [1.54, 1.807) is 0 Å². The van der Waals surface area contributed by atoms with Gasteiger partial charge in [-0.25, -0.2) is 0 Å². The molecule has 2 bridgehead atoms. The van der Waals surface area contributed by atoms with Crippen LogP contribution in [0.1, 0.15) is 61.5 Å². The van der Waals surface area contributed by atoms with Crippen LogP contribution >= 0.6 is 11.6 Å². The van der Waals surface area contributed by atoms with Gasteiger partial charge in [0, 0.05) is 46.5 Å². The maximum Gasteiger partial charge on any atom is 0.251 e. The molecule has 0 radical (unpaired) electrons. The molecule has 2 saturated heterocycles. The van der Waals surface area contributed by atoms with Crippen LogP contribution in [0.5, 0.6) is 5.75 Å². The van der Waals surface area contributed by atoms with Crippen LogP contribution in [0.4, 0.5) is 0 Å². The highest BCUT2D eigenvalue weighted by Gasteiger charge is 2.40. The Kier molecular flexibility index (Phi) is 7.24. The minimum absolute atomic E-state index is 0.118. The number of aromatic amines is 1. The van der Waals surface area contributed by atoms with Gasteiger partial charge in [0.1, 0.15) is 11.9 Å². The minimum Gasteiger partial charge on any atom is -0.490 e. The molecule has 0 aliphatic carbocycles. The zero-order valence-corrected chi connectivity index (χ0v) is 23.4. The fourth-order valence-electron chi connectivity index (χ4n) is 6.25. The number of nitrogens with zero attached hydrogens (tertiary/aromatic N) is 2. The smallest absolute Gasteiger partial charge is 0.251 e. The molecule has 206 valence electrons. The molecule has 40 heavy (non-hydrogen) atoms. The van der Waals surface area contributed by atoms with Gasteiger partial charge in [-0.15, -0.1) is 0 Å². The van der Waals surface area contributed by atoms with Crippen LogP contribution in [0.3, 0.4) is 0 Å². The van der Waals surface area contributed by atoms with Gasteiger partial charge < -0.3 is 15.0 Å². The maximum absolute atomic E-state index is 13.4. The van der Waals surface area contributed by atoms with Crippen molar-refractivity contribution >= 4 is 34.8 Å². The van der Waals surface area contributed by atoms with Gasteiger partial charge in [0.25, 0.3) is 5.91 Å². The second kappa shape index (κ2) is 11.0. The van der Waals surface area contributed by atoms with Crippen LogP contribution in [0, 0.1) is 5.92 Å². The highest BCUT2D eigenvalue weighted by Crippen LogP contribution is 2.37. The lowest BCUT2D eigenvalue weighted by molar-refractivity contribution is -0.123. The number of carbonyl (C=O) groups excluding carboxylic acids is 2. The van der Waals surface area contributed by atoms with Gasteiger partial charge in [-0.1, -0.05) is 43.6 Å². The van der Waals surface area contributed by atoms with E-state index in [0.29, 0.717) is 22.7 Å². The summed E-state index contributed by atoms with van der Waals surface area (Å²) in [6.45, 7) is 4.13. The molecule has 2 aliphatic rings. The van der Waals surface area contributed by atoms with E-state index in [4.69, 9.17) is 16.3 Å². The average Bonchev–Trinajstić information content (AvgIpc) is 3.49. The van der Waals surface area contributed by atoms with E-state index in [1.165, 1.54) is 0 Å². The van der Waals surface area contributed by atoms with Crippen LogP contribution in [0.2, 0.25) is 5.02 Å². The molecule has 4 aromatic rings. The summed E-state index contributed by atoms with van der Waals surface area (Å²) in [5.74, 6) is 0.809. The number of hydrogen-bond acceptors (Lipinski definition) is 4. The molecule has 2 N–H and O–H groups in total. The summed E-state index contributed by atoms with van der Waals surface area (Å²) in [7, 11) is 0. The predicted octanol–water partition coefficient (Wildman–Crippen LogP) is 6.54. The normalized spacial score (nSPS) is 21.0. The number of nitrogens with one attached hydrogen (secondary N) is 2. The van der Waals surface area contributed by atoms with E-state index in [-0.39, 0.29) is 24.0 Å². The number of carbonyl (C=O) groups is 2. The SMILES string of the molecule is CC(C)[C@H](NC(=O)c1ccc2[nH]nc(-c3ccc(OC4CC5CCC(C4)N5C=O)cc3)c2c1)c1ccccc1Cl. The van der Waals surface area contributed by atoms with Crippen LogP contribution < -0.4 is 10.1 Å². The molecule has 8 heteroatoms. The molecule has 1 aromatic heterocycles. The van der Waals surface area contributed by atoms with Crippen molar-refractivity contribution in [3.63, 3.8) is 0 Å². The summed E-state index contributed by atoms with van der Waals surface area (Å²) >= 11 is 6.45. The van der Waals surface area contributed by atoms with Gasteiger partial charge in [0.15, 0.2) is 0 Å². The zero-order chi connectivity index (χ0) is 27.8. The molecule has 3 heterocycles. The number of fused-ring (bicyclic) bond motifs is 3. The molecule has 7 nitrogen and oxygen atoms in total. The van der Waals surface area contributed by atoms with Gasteiger partial charge in [0.2, 0.25) is 6.41 Å². The van der Waals surface area contributed by atoms with Gasteiger partial charge in [0.05, 0.1) is 17.3 Å². The monoisotopic (exact) mass is 556 g/mol. The maximum atomic E-state index is 13.4. The summed E-state index contributed by atoms with van der Waals surface area (Å²) in [5.41, 5.74) is 4.03. The molecule has 0 saturated carbocycles. The number of H-pyrrole nitrogens is 1. The first-order chi connectivity index (χ1) is 19.4. The van der Waals surface area contributed by atoms with E-state index in [0.717, 1.165) is 65.6 Å². The Labute approximate surface area is 238 Å². The lowest BCUT2D eigenvalue weighted by Crippen LogP contribution is -2.45. The minimum atomic E-state index is -0.214. The molecule has 3 aromatic carbocycles. The van der Waals surface area contributed by atoms with Crippen molar-refractivity contribution in [2.24, 2.45) is 5.92 Å². The summed E-state index contributed by atoms with van der Waals surface area (Å²) in [6.07, 6.45) is 4.99. The predicted molar refractivity (Wildman–Crippen MR) is 156 cm³/mol. The summed E-state index contributed by atoms with van der Waals surface area (Å²) in [4.78, 5) is 26.7. The topological polar surface area (TPSA) is 87.3 Å². The second-order valence-corrected chi connectivity index (χ2v) is 11.6. The first-order valence-electron chi connectivity index (χ1n) is 13.9. The highest BCUT2D eigenvalue weighted by atomic mass is 35.5. The fraction of sp³-hybridized carbons (Fsp3) is 0.344. The van der Waals surface area contributed by atoms with E-state index >= 15 is 0 Å². The lowest BCUT2D eigenvalue weighted by Gasteiger charge is -2.36. The number of aromatic nitrogens is 2. The van der Waals surface area contributed by atoms with E-state index in [9.17, 15) is 9.59 Å². The molecule has 2 unspecified atom stereocenters. The standard InChI is InChI=1S/C32H33ClN4O3/c1-19(2)30(26-5-3-4-6-28(26)33)34-32(39)21-9-14-29-27(15-21)31(36-35-29)20-7-12-24(13-8-20)40-25-16-22-10-11-23(17-25)37(22)18-38/h3-9,12-15,18-19,22-23,25,30H,10-11,16-17H2,1-2H3,(H,34,39)(H,35,36)/t22?,23?,25?,30-/m0/s1. The van der Waals surface area contributed by atoms with Crippen molar-refractivity contribution in [2.75, 3.05) is 0 Å². The van der Waals surface area contributed by atoms with Crippen molar-refractivity contribution in [1.82, 2.24) is 20.4 Å². The number of hydrogen-bond donors (Lipinski definition) is 2. The largest absolute Gasteiger partial charge is 0.490 e. The Balaban J connectivity index is 1.19. The molecular formula is C32H33ClN4O3. The van der Waals surface area contributed by atoms with Crippen molar-refractivity contribution in [3.8, 4) is 17.0 Å². The number of ether oxygens (including phenoxy) is 1. The van der Waals surface area contributed by atoms with Gasteiger partial charge >= 0.3 is 0 Å². The Morgan fingerprint density at radius 2 is 1.80 bits per heavy atom. The summed E-state index contributed by atoms with van der Waals surface area (Å²) in [5, 5.41) is 12.3. The third kappa shape index (κ3) is 5.06. The van der Waals surface area contributed by atoms with E-state index in [1.807, 2.05) is 71.6 Å². The summed E-state index contributed by atoms with van der Waals surface area (Å²) < 4.78 is 6.31. The number of rotatable bonds is 8. The number of amides is 2. The highest BCUT2D eigenvalue weighted by molar-refractivity contribution is 6.31. The van der Waals surface area contributed by atoms with Gasteiger partial charge in [-0.2, -0.15) is 5.10 Å². The lowest BCUT2D eigenvalue weighted by atomic mass is 9.95. The Hall–Kier alpha value is -3.84. The third-order valence-electron chi connectivity index (χ3n) is 8.32. The van der Waals surface area contributed by atoms with Crippen molar-refractivity contribution in [2.45, 2.75) is 63.8 Å². The fourth-order valence-corrected chi connectivity index (χ4v) is 6.50. The quantitative estimate of drug-likeness (QED) is 0.241. The first kappa shape index (κ1) is 26.4. The zero-order valence-electron chi connectivity index (χ0n) is 22.6. The Morgan fingerprint density at radius 3 is 2.48 bits per heavy atom. The van der Waals surface area contributed by atoms with Crippen molar-refractivity contribution < 1.29 is 14.3 Å². The Bertz CT molecular complexity index is 1520. The van der Waals surface area contributed by atoms with Crippen molar-refractivity contribution in [1.29, 1.82) is 0 Å². The first-order valence-corrected chi connectivity index (χ1v) is 14.3. The average molecular weight is 557 g/mol. The van der Waals surface area contributed by atoms with Crippen molar-refractivity contribution in [3.05, 3.63) is 82.9 Å². The number of halogens is 1. The molecule has 0 spiro atoms. The second-order valence-electron chi connectivity index (χ2n) is 11.2. The van der Waals surface area contributed by atoms with Gasteiger partial charge in [-0.3, -0.25) is 14.7 Å². The molecule has 6 rings (SSSR count). The molecule has 3 atom stereocenters. The molecular weight excluding hydrogens is 524 g/mol. The summed E-state index contributed by atoms with van der Waals surface area (Å²) in [6, 6.07) is 21.5. The van der Waals surface area contributed by atoms with Crippen LogP contribution in [-0.2, 0) is 4.79 Å². The Morgan fingerprint density at radius 1 is 1.07 bits per heavy atom. The number of piperidine rings is 1. The van der Waals surface area contributed by atoms with E-state index in [2.05, 4.69) is 29.4 Å². The van der Waals surface area contributed by atoms with Crippen LogP contribution in [0.25, 0.3) is 22.2 Å². The molecule has 2 aliphatic heterocycles. The third-order valence-corrected chi connectivity index (χ3v) is 8.66. The van der Waals surface area contributed by atoms with Crippen LogP contribution in [-0.4, -0.2) is 45.6 Å².